The molecule has 2 aliphatic rings. The van der Waals surface area contributed by atoms with Crippen molar-refractivity contribution in [1.82, 2.24) is 14.8 Å². The molecule has 0 saturated carbocycles. The van der Waals surface area contributed by atoms with Gasteiger partial charge in [0.15, 0.2) is 0 Å². The Kier molecular flexibility index (Phi) is 3.38. The van der Waals surface area contributed by atoms with Gasteiger partial charge < -0.3 is 4.74 Å². The molecule has 1 atom stereocenters. The lowest BCUT2D eigenvalue weighted by Crippen LogP contribution is -2.52. The number of likely N-dealkylation sites (tertiary alicyclic amines) is 1. The first-order chi connectivity index (χ1) is 9.61. The fraction of sp³-hybridized carbons (Fsp3) is 0.600. The molecule has 108 valence electrons. The standard InChI is InChI=1S/C15H21N3O2/c1-12(2)18-14(19)20-11-15(18)5-7-17(10-15)9-13-4-3-6-16-8-13/h3-4,6,8,12H,5,7,9-11H2,1-2H3. The van der Waals surface area contributed by atoms with Crippen molar-refractivity contribution in [1.29, 1.82) is 0 Å². The number of aromatic nitrogens is 1. The van der Waals surface area contributed by atoms with Crippen molar-refractivity contribution < 1.29 is 9.53 Å². The van der Waals surface area contributed by atoms with Crippen LogP contribution in [-0.4, -0.2) is 52.2 Å². The molecule has 5 heteroatoms. The van der Waals surface area contributed by atoms with Crippen LogP contribution in [0.5, 0.6) is 0 Å². The summed E-state index contributed by atoms with van der Waals surface area (Å²) in [5.41, 5.74) is 1.08. The van der Waals surface area contributed by atoms with Crippen LogP contribution in [0.2, 0.25) is 0 Å². The minimum atomic E-state index is -0.164. The third-order valence-electron chi connectivity index (χ3n) is 4.23. The van der Waals surface area contributed by atoms with E-state index in [1.165, 1.54) is 5.56 Å². The summed E-state index contributed by atoms with van der Waals surface area (Å²) in [7, 11) is 0. The van der Waals surface area contributed by atoms with Crippen molar-refractivity contribution in [2.45, 2.75) is 38.4 Å². The average molecular weight is 275 g/mol. The lowest BCUT2D eigenvalue weighted by Gasteiger charge is -2.34. The predicted octanol–water partition coefficient (Wildman–Crippen LogP) is 1.89. The number of nitrogens with zero attached hydrogens (tertiary/aromatic N) is 3. The molecular weight excluding hydrogens is 254 g/mol. The van der Waals surface area contributed by atoms with Crippen LogP contribution in [0, 0.1) is 0 Å². The highest BCUT2D eigenvalue weighted by Crippen LogP contribution is 2.35. The van der Waals surface area contributed by atoms with Crippen molar-refractivity contribution in [3.8, 4) is 0 Å². The first kappa shape index (κ1) is 13.4. The Morgan fingerprint density at radius 1 is 1.50 bits per heavy atom. The van der Waals surface area contributed by atoms with E-state index < -0.39 is 0 Å². The molecule has 2 fully saturated rings. The van der Waals surface area contributed by atoms with Crippen LogP contribution in [0.1, 0.15) is 25.8 Å². The first-order valence-corrected chi connectivity index (χ1v) is 7.18. The lowest BCUT2D eigenvalue weighted by atomic mass is 9.97. The number of hydrogen-bond acceptors (Lipinski definition) is 4. The Labute approximate surface area is 119 Å². The van der Waals surface area contributed by atoms with E-state index in [0.29, 0.717) is 6.61 Å². The van der Waals surface area contributed by atoms with Gasteiger partial charge in [-0.3, -0.25) is 14.8 Å². The van der Waals surface area contributed by atoms with Crippen molar-refractivity contribution >= 4 is 6.09 Å². The number of ether oxygens (including phenoxy) is 1. The van der Waals surface area contributed by atoms with Gasteiger partial charge in [0.2, 0.25) is 0 Å². The molecule has 3 rings (SSSR count). The number of amides is 1. The molecule has 0 N–H and O–H groups in total. The monoisotopic (exact) mass is 275 g/mol. The Morgan fingerprint density at radius 2 is 2.35 bits per heavy atom. The minimum absolute atomic E-state index is 0.131. The van der Waals surface area contributed by atoms with Crippen molar-refractivity contribution in [2.75, 3.05) is 19.7 Å². The molecule has 3 heterocycles. The molecule has 0 aliphatic carbocycles. The summed E-state index contributed by atoms with van der Waals surface area (Å²) in [4.78, 5) is 20.4. The molecule has 5 nitrogen and oxygen atoms in total. The molecule has 0 bridgehead atoms. The normalized spacial score (nSPS) is 26.8. The third kappa shape index (κ3) is 2.26. The van der Waals surface area contributed by atoms with Crippen molar-refractivity contribution in [3.63, 3.8) is 0 Å². The zero-order valence-electron chi connectivity index (χ0n) is 12.1. The number of cyclic esters (lactones) is 1. The van der Waals surface area contributed by atoms with Gasteiger partial charge in [-0.1, -0.05) is 6.07 Å². The van der Waals surface area contributed by atoms with Crippen LogP contribution >= 0.6 is 0 Å². The Hall–Kier alpha value is -1.62. The molecular formula is C15H21N3O2. The van der Waals surface area contributed by atoms with E-state index in [0.717, 1.165) is 26.1 Å². The summed E-state index contributed by atoms with van der Waals surface area (Å²) in [5, 5.41) is 0. The van der Waals surface area contributed by atoms with Crippen molar-refractivity contribution in [2.24, 2.45) is 0 Å². The van der Waals surface area contributed by atoms with Crippen LogP contribution in [-0.2, 0) is 11.3 Å². The number of carbonyl (C=O) groups is 1. The molecule has 0 radical (unpaired) electrons. The highest BCUT2D eigenvalue weighted by atomic mass is 16.6. The zero-order chi connectivity index (χ0) is 14.2. The molecule has 1 aromatic rings. The maximum Gasteiger partial charge on any atom is 0.410 e. The van der Waals surface area contributed by atoms with E-state index in [1.54, 1.807) is 6.20 Å². The van der Waals surface area contributed by atoms with E-state index >= 15 is 0 Å². The smallest absolute Gasteiger partial charge is 0.410 e. The Morgan fingerprint density at radius 3 is 3.05 bits per heavy atom. The fourth-order valence-electron chi connectivity index (χ4n) is 3.43. The molecule has 1 amide bonds. The second-order valence-electron chi connectivity index (χ2n) is 6.06. The molecule has 20 heavy (non-hydrogen) atoms. The molecule has 2 saturated heterocycles. The largest absolute Gasteiger partial charge is 0.447 e. The van der Waals surface area contributed by atoms with E-state index in [2.05, 4.69) is 29.8 Å². The van der Waals surface area contributed by atoms with Crippen molar-refractivity contribution in [3.05, 3.63) is 30.1 Å². The topological polar surface area (TPSA) is 45.7 Å². The average Bonchev–Trinajstić information content (AvgIpc) is 2.96. The quantitative estimate of drug-likeness (QED) is 0.845. The third-order valence-corrected chi connectivity index (χ3v) is 4.23. The zero-order valence-corrected chi connectivity index (χ0v) is 12.1. The molecule has 1 aromatic heterocycles. The van der Waals surface area contributed by atoms with E-state index in [-0.39, 0.29) is 17.7 Å². The van der Waals surface area contributed by atoms with Gasteiger partial charge in [-0.25, -0.2) is 4.79 Å². The number of pyridine rings is 1. The van der Waals surface area contributed by atoms with Gasteiger partial charge in [0.25, 0.3) is 0 Å². The highest BCUT2D eigenvalue weighted by molar-refractivity contribution is 5.71. The predicted molar refractivity (Wildman–Crippen MR) is 75.2 cm³/mol. The Bertz CT molecular complexity index is 491. The summed E-state index contributed by atoms with van der Waals surface area (Å²) < 4.78 is 5.31. The summed E-state index contributed by atoms with van der Waals surface area (Å²) in [6.45, 7) is 7.39. The number of rotatable bonds is 3. The van der Waals surface area contributed by atoms with Crippen LogP contribution in [0.3, 0.4) is 0 Å². The van der Waals surface area contributed by atoms with E-state index in [1.807, 2.05) is 17.2 Å². The lowest BCUT2D eigenvalue weighted by molar-refractivity contribution is 0.128. The van der Waals surface area contributed by atoms with Gasteiger partial charge in [-0.05, 0) is 31.9 Å². The minimum Gasteiger partial charge on any atom is -0.447 e. The first-order valence-electron chi connectivity index (χ1n) is 7.18. The van der Waals surface area contributed by atoms with Gasteiger partial charge in [0.05, 0.1) is 5.54 Å². The van der Waals surface area contributed by atoms with Crippen LogP contribution in [0.25, 0.3) is 0 Å². The molecule has 1 unspecified atom stereocenters. The molecule has 0 aromatic carbocycles. The van der Waals surface area contributed by atoms with Crippen LogP contribution in [0.15, 0.2) is 24.5 Å². The van der Waals surface area contributed by atoms with Gasteiger partial charge in [0.1, 0.15) is 6.61 Å². The maximum atomic E-state index is 11.9. The summed E-state index contributed by atoms with van der Waals surface area (Å²) >= 11 is 0. The SMILES string of the molecule is CC(C)N1C(=O)OCC12CCN(Cc1cccnc1)C2. The summed E-state index contributed by atoms with van der Waals surface area (Å²) in [5.74, 6) is 0. The van der Waals surface area contributed by atoms with Gasteiger partial charge in [-0.2, -0.15) is 0 Å². The molecule has 2 aliphatic heterocycles. The second kappa shape index (κ2) is 5.05. The molecule has 1 spiro atoms. The number of hydrogen-bond donors (Lipinski definition) is 0. The fourth-order valence-corrected chi connectivity index (χ4v) is 3.43. The van der Waals surface area contributed by atoms with Gasteiger partial charge >= 0.3 is 6.09 Å². The second-order valence-corrected chi connectivity index (χ2v) is 6.06. The summed E-state index contributed by atoms with van der Waals surface area (Å²) in [6, 6.07) is 4.24. The van der Waals surface area contributed by atoms with E-state index in [9.17, 15) is 4.79 Å². The maximum absolute atomic E-state index is 11.9. The summed E-state index contributed by atoms with van der Waals surface area (Å²) in [6.07, 6.45) is 4.51. The number of carbonyl (C=O) groups excluding carboxylic acids is 1. The van der Waals surface area contributed by atoms with Crippen LogP contribution in [0.4, 0.5) is 4.79 Å². The van der Waals surface area contributed by atoms with Gasteiger partial charge in [-0.15, -0.1) is 0 Å². The highest BCUT2D eigenvalue weighted by Gasteiger charge is 2.52. The van der Waals surface area contributed by atoms with E-state index in [4.69, 9.17) is 4.74 Å². The van der Waals surface area contributed by atoms with Crippen LogP contribution < -0.4 is 0 Å². The van der Waals surface area contributed by atoms with Gasteiger partial charge in [0, 0.05) is 38.1 Å². The Balaban J connectivity index is 1.71.